The molecular formula is C29H34N6O2. The highest BCUT2D eigenvalue weighted by atomic mass is 16.8. The second-order valence-corrected chi connectivity index (χ2v) is 12.4. The zero-order chi connectivity index (χ0) is 25.2. The Morgan fingerprint density at radius 1 is 1.11 bits per heavy atom. The van der Waals surface area contributed by atoms with Gasteiger partial charge < -0.3 is 25.5 Å². The Kier molecular flexibility index (Phi) is 4.24. The number of anilines is 1. The molecule has 2 aliphatic heterocycles. The highest BCUT2D eigenvalue weighted by molar-refractivity contribution is 6.00. The van der Waals surface area contributed by atoms with Crippen molar-refractivity contribution in [3.05, 3.63) is 47.9 Å². The molecular weight excluding hydrogens is 464 g/mol. The normalized spacial score (nSPS) is 33.7. The quantitative estimate of drug-likeness (QED) is 0.534. The maximum absolute atomic E-state index is 6.59. The number of nitrogens with two attached hydrogens (primary N) is 2. The number of aryl methyl sites for hydroxylation is 1. The van der Waals surface area contributed by atoms with Gasteiger partial charge in [-0.3, -0.25) is 0 Å². The van der Waals surface area contributed by atoms with Crippen molar-refractivity contribution in [1.29, 1.82) is 0 Å². The minimum atomic E-state index is -0.583. The molecule has 4 N–H and O–H groups in total. The van der Waals surface area contributed by atoms with Gasteiger partial charge in [0, 0.05) is 11.6 Å². The van der Waals surface area contributed by atoms with Crippen LogP contribution >= 0.6 is 0 Å². The van der Waals surface area contributed by atoms with Crippen LogP contribution < -0.4 is 11.5 Å². The van der Waals surface area contributed by atoms with Crippen LogP contribution in [0.3, 0.4) is 0 Å². The van der Waals surface area contributed by atoms with Gasteiger partial charge in [-0.15, -0.1) is 0 Å². The number of benzene rings is 1. The molecule has 192 valence electrons. The van der Waals surface area contributed by atoms with Crippen LogP contribution in [-0.4, -0.2) is 38.4 Å². The molecule has 3 saturated carbocycles. The second kappa shape index (κ2) is 7.11. The number of nitrogen functional groups attached to an aromatic ring is 1. The van der Waals surface area contributed by atoms with Crippen LogP contribution in [-0.2, 0) is 21.3 Å². The van der Waals surface area contributed by atoms with Crippen molar-refractivity contribution in [2.24, 2.45) is 22.1 Å². The minimum Gasteiger partial charge on any atom is -0.386 e. The molecule has 3 aliphatic carbocycles. The Morgan fingerprint density at radius 3 is 2.78 bits per heavy atom. The average molecular weight is 499 g/mol. The molecule has 5 aliphatic rings. The number of amidine groups is 1. The van der Waals surface area contributed by atoms with Gasteiger partial charge in [-0.2, -0.15) is 0 Å². The fourth-order valence-electron chi connectivity index (χ4n) is 8.15. The molecule has 4 heterocycles. The first-order chi connectivity index (χ1) is 17.8. The van der Waals surface area contributed by atoms with Gasteiger partial charge in [-0.25, -0.2) is 15.0 Å². The minimum absolute atomic E-state index is 0.0107. The summed E-state index contributed by atoms with van der Waals surface area (Å²) in [7, 11) is 0. The smallest absolute Gasteiger partial charge is 0.163 e. The highest BCUT2D eigenvalue weighted by Gasteiger charge is 2.75. The monoisotopic (exact) mass is 498 g/mol. The van der Waals surface area contributed by atoms with Gasteiger partial charge in [-0.1, -0.05) is 18.6 Å². The SMILES string of the molecule is CC1(C)O[C@H]2[C@H](n3ccc4c(N)ncnc43)[C@H]3C[C@]3(CCCc3ccc4c(c3)N=C(N)C43CCC3)[C@H]2O1. The summed E-state index contributed by atoms with van der Waals surface area (Å²) in [4.78, 5) is 13.5. The molecule has 8 rings (SSSR count). The van der Waals surface area contributed by atoms with Crippen molar-refractivity contribution < 1.29 is 9.47 Å². The van der Waals surface area contributed by atoms with Crippen LogP contribution in [0, 0.1) is 11.3 Å². The molecule has 1 spiro atoms. The largest absolute Gasteiger partial charge is 0.386 e. The van der Waals surface area contributed by atoms with Crippen LogP contribution in [0.2, 0.25) is 0 Å². The number of aliphatic imine (C=N–C) groups is 1. The zero-order valence-electron chi connectivity index (χ0n) is 21.5. The number of hydrogen-bond donors (Lipinski definition) is 2. The van der Waals surface area contributed by atoms with Gasteiger partial charge in [0.1, 0.15) is 29.7 Å². The zero-order valence-corrected chi connectivity index (χ0v) is 21.5. The van der Waals surface area contributed by atoms with E-state index in [4.69, 9.17) is 25.9 Å². The van der Waals surface area contributed by atoms with Crippen molar-refractivity contribution in [2.45, 2.75) is 88.2 Å². The van der Waals surface area contributed by atoms with E-state index in [2.05, 4.69) is 38.9 Å². The lowest BCUT2D eigenvalue weighted by molar-refractivity contribution is -0.161. The predicted octanol–water partition coefficient (Wildman–Crippen LogP) is 4.54. The molecule has 37 heavy (non-hydrogen) atoms. The van der Waals surface area contributed by atoms with Crippen LogP contribution in [0.1, 0.15) is 69.5 Å². The van der Waals surface area contributed by atoms with Crippen molar-refractivity contribution in [3.8, 4) is 0 Å². The molecule has 2 aromatic heterocycles. The maximum Gasteiger partial charge on any atom is 0.163 e. The molecule has 1 aromatic carbocycles. The molecule has 0 bridgehead atoms. The van der Waals surface area contributed by atoms with E-state index < -0.39 is 5.79 Å². The molecule has 0 radical (unpaired) electrons. The van der Waals surface area contributed by atoms with E-state index in [0.29, 0.717) is 11.7 Å². The van der Waals surface area contributed by atoms with Crippen molar-refractivity contribution in [1.82, 2.24) is 14.5 Å². The molecule has 3 aromatic rings. The third kappa shape index (κ3) is 2.88. The third-order valence-corrected chi connectivity index (χ3v) is 10.1. The summed E-state index contributed by atoms with van der Waals surface area (Å²) in [6.07, 6.45) is 11.7. The Bertz CT molecular complexity index is 1470. The van der Waals surface area contributed by atoms with E-state index in [1.54, 1.807) is 6.33 Å². The second-order valence-electron chi connectivity index (χ2n) is 12.4. The fraction of sp³-hybridized carbons (Fsp3) is 0.552. The summed E-state index contributed by atoms with van der Waals surface area (Å²) in [6.45, 7) is 4.07. The third-order valence-electron chi connectivity index (χ3n) is 10.1. The number of nitrogens with zero attached hydrogens (tertiary/aromatic N) is 4. The maximum atomic E-state index is 6.59. The van der Waals surface area contributed by atoms with E-state index in [-0.39, 0.29) is 29.1 Å². The molecule has 8 nitrogen and oxygen atoms in total. The lowest BCUT2D eigenvalue weighted by atomic mass is 9.64. The topological polar surface area (TPSA) is 114 Å². The number of fused-ring (bicyclic) bond motifs is 6. The van der Waals surface area contributed by atoms with Crippen LogP contribution in [0.4, 0.5) is 11.5 Å². The summed E-state index contributed by atoms with van der Waals surface area (Å²) in [5.74, 6) is 1.26. The van der Waals surface area contributed by atoms with E-state index in [9.17, 15) is 0 Å². The Hall–Kier alpha value is -2.97. The number of rotatable bonds is 5. The Morgan fingerprint density at radius 2 is 1.97 bits per heavy atom. The standard InChI is InChI=1S/C29H34N6O2/c1-27(2)36-22-21(35-12-8-17-24(30)32-15-33-25(17)35)19-14-29(19,23(22)37-27)9-3-5-16-6-7-18-20(13-16)34-26(31)28(18)10-4-11-28/h6-8,12-13,15,19,21-23H,3-5,9-11,14H2,1-2H3,(H2,31,34)(H2,30,32,33)/t19-,21-,22+,23+,29+/m1/s1. The Labute approximate surface area is 216 Å². The lowest BCUT2D eigenvalue weighted by Gasteiger charge is -2.38. The predicted molar refractivity (Wildman–Crippen MR) is 142 cm³/mol. The van der Waals surface area contributed by atoms with E-state index >= 15 is 0 Å². The lowest BCUT2D eigenvalue weighted by Crippen LogP contribution is -2.44. The number of hydrogen-bond acceptors (Lipinski definition) is 7. The van der Waals surface area contributed by atoms with Gasteiger partial charge in [0.25, 0.3) is 0 Å². The Balaban J connectivity index is 1.04. The first kappa shape index (κ1) is 22.1. The van der Waals surface area contributed by atoms with Crippen LogP contribution in [0.5, 0.6) is 0 Å². The summed E-state index contributed by atoms with van der Waals surface area (Å²) in [6, 6.07) is 9.07. The molecule has 1 saturated heterocycles. The fourth-order valence-corrected chi connectivity index (χ4v) is 8.15. The van der Waals surface area contributed by atoms with Gasteiger partial charge in [0.2, 0.25) is 0 Å². The van der Waals surface area contributed by atoms with Crippen molar-refractivity contribution in [3.63, 3.8) is 0 Å². The average Bonchev–Trinajstić information content (AvgIpc) is 3.09. The van der Waals surface area contributed by atoms with Gasteiger partial charge in [0.15, 0.2) is 5.79 Å². The summed E-state index contributed by atoms with van der Waals surface area (Å²) in [5, 5.41) is 0.902. The van der Waals surface area contributed by atoms with Crippen LogP contribution in [0.25, 0.3) is 11.0 Å². The molecule has 0 amide bonds. The number of ether oxygens (including phenoxy) is 2. The summed E-state index contributed by atoms with van der Waals surface area (Å²) >= 11 is 0. The molecule has 5 atom stereocenters. The van der Waals surface area contributed by atoms with Gasteiger partial charge in [0.05, 0.1) is 28.6 Å². The van der Waals surface area contributed by atoms with Crippen molar-refractivity contribution in [2.75, 3.05) is 5.73 Å². The first-order valence-electron chi connectivity index (χ1n) is 13.7. The van der Waals surface area contributed by atoms with Gasteiger partial charge in [-0.05, 0) is 81.5 Å². The van der Waals surface area contributed by atoms with Crippen LogP contribution in [0.15, 0.2) is 41.8 Å². The van der Waals surface area contributed by atoms with E-state index in [1.807, 2.05) is 19.9 Å². The molecule has 4 fully saturated rings. The molecule has 8 heteroatoms. The summed E-state index contributed by atoms with van der Waals surface area (Å²) in [5.41, 5.74) is 17.3. The first-order valence-corrected chi connectivity index (χ1v) is 13.7. The highest BCUT2D eigenvalue weighted by Crippen LogP contribution is 2.73. The van der Waals surface area contributed by atoms with Gasteiger partial charge >= 0.3 is 0 Å². The number of aromatic nitrogens is 3. The summed E-state index contributed by atoms with van der Waals surface area (Å²) < 4.78 is 15.4. The van der Waals surface area contributed by atoms with E-state index in [1.165, 1.54) is 17.5 Å². The van der Waals surface area contributed by atoms with E-state index in [0.717, 1.165) is 61.1 Å². The van der Waals surface area contributed by atoms with Crippen molar-refractivity contribution >= 4 is 28.4 Å². The molecule has 0 unspecified atom stereocenters.